The van der Waals surface area contributed by atoms with Gasteiger partial charge in [0, 0.05) is 22.7 Å². The van der Waals surface area contributed by atoms with Crippen molar-refractivity contribution in [2.45, 2.75) is 6.54 Å². The van der Waals surface area contributed by atoms with E-state index in [0.717, 1.165) is 17.0 Å². The summed E-state index contributed by atoms with van der Waals surface area (Å²) in [5.41, 5.74) is 1.06. The Labute approximate surface area is 175 Å². The van der Waals surface area contributed by atoms with Gasteiger partial charge in [-0.2, -0.15) is 0 Å². The zero-order chi connectivity index (χ0) is 22.1. The summed E-state index contributed by atoms with van der Waals surface area (Å²) < 4.78 is 19.6. The third kappa shape index (κ3) is 3.68. The Morgan fingerprint density at radius 3 is 2.52 bits per heavy atom. The zero-order valence-electron chi connectivity index (χ0n) is 16.3. The number of carbonyl (C=O) groups is 4. The number of nitrogens with one attached hydrogen (secondary N) is 1. The summed E-state index contributed by atoms with van der Waals surface area (Å²) in [6.07, 6.45) is 2.98. The number of para-hydroxylation sites is 1. The molecule has 1 aliphatic heterocycles. The maximum Gasteiger partial charge on any atom is 0.335 e. The van der Waals surface area contributed by atoms with E-state index in [1.807, 2.05) is 0 Å². The van der Waals surface area contributed by atoms with Crippen molar-refractivity contribution in [3.05, 3.63) is 71.7 Å². The number of amides is 4. The Hall–Kier alpha value is -4.27. The lowest BCUT2D eigenvalue weighted by Crippen LogP contribution is -2.54. The van der Waals surface area contributed by atoms with Gasteiger partial charge in [0.1, 0.15) is 17.9 Å². The second-order valence-corrected chi connectivity index (χ2v) is 6.74. The van der Waals surface area contributed by atoms with Crippen LogP contribution in [0.5, 0.6) is 0 Å². The molecule has 1 saturated heterocycles. The molecule has 0 atom stereocenters. The van der Waals surface area contributed by atoms with Crippen molar-refractivity contribution < 1.29 is 28.3 Å². The van der Waals surface area contributed by atoms with Gasteiger partial charge in [0.15, 0.2) is 0 Å². The molecular weight excluding hydrogens is 405 g/mol. The quantitative estimate of drug-likeness (QED) is 0.397. The second kappa shape index (κ2) is 7.86. The van der Waals surface area contributed by atoms with Crippen LogP contribution >= 0.6 is 0 Å². The van der Waals surface area contributed by atoms with E-state index < -0.39 is 29.6 Å². The minimum absolute atomic E-state index is 0.0550. The molecule has 0 radical (unpaired) electrons. The van der Waals surface area contributed by atoms with Gasteiger partial charge in [-0.3, -0.25) is 19.7 Å². The molecule has 0 bridgehead atoms. The number of anilines is 1. The molecule has 4 rings (SSSR count). The van der Waals surface area contributed by atoms with Gasteiger partial charge in [0.2, 0.25) is 0 Å². The Morgan fingerprint density at radius 2 is 1.81 bits per heavy atom. The number of fused-ring (bicyclic) bond motifs is 1. The standard InChI is InChI=1S/C22H16FN3O5/c1-31-19(27)12-25-11-13(16-4-2-3-5-18(16)25)10-17-20(28)24-22(30)26(21(17)29)15-8-6-14(23)7-9-15/h2-11H,12H2,1H3,(H,24,28,30)/b17-10+. The predicted molar refractivity (Wildman–Crippen MR) is 109 cm³/mol. The van der Waals surface area contributed by atoms with Gasteiger partial charge >= 0.3 is 12.0 Å². The number of barbiturate groups is 1. The fourth-order valence-electron chi connectivity index (χ4n) is 3.36. The molecule has 156 valence electrons. The first kappa shape index (κ1) is 20.0. The number of methoxy groups -OCH3 is 1. The molecule has 2 aromatic carbocycles. The van der Waals surface area contributed by atoms with E-state index in [4.69, 9.17) is 4.74 Å². The van der Waals surface area contributed by atoms with Crippen LogP contribution in [0.4, 0.5) is 14.9 Å². The average molecular weight is 421 g/mol. The van der Waals surface area contributed by atoms with Crippen LogP contribution in [0.2, 0.25) is 0 Å². The van der Waals surface area contributed by atoms with Crippen LogP contribution in [0.15, 0.2) is 60.3 Å². The molecule has 4 amide bonds. The molecule has 1 aromatic heterocycles. The first-order chi connectivity index (χ1) is 14.9. The largest absolute Gasteiger partial charge is 0.468 e. The highest BCUT2D eigenvalue weighted by atomic mass is 19.1. The van der Waals surface area contributed by atoms with Gasteiger partial charge in [-0.25, -0.2) is 14.1 Å². The van der Waals surface area contributed by atoms with Crippen molar-refractivity contribution in [3.63, 3.8) is 0 Å². The smallest absolute Gasteiger partial charge is 0.335 e. The molecule has 0 aliphatic carbocycles. The Kier molecular flexibility index (Phi) is 5.08. The lowest BCUT2D eigenvalue weighted by Gasteiger charge is -2.26. The number of hydrogen-bond acceptors (Lipinski definition) is 5. The molecule has 9 heteroatoms. The van der Waals surface area contributed by atoms with Gasteiger partial charge in [-0.1, -0.05) is 18.2 Å². The molecule has 1 N–H and O–H groups in total. The highest BCUT2D eigenvalue weighted by molar-refractivity contribution is 6.39. The first-order valence-electron chi connectivity index (χ1n) is 9.21. The Morgan fingerprint density at radius 1 is 1.10 bits per heavy atom. The normalized spacial score (nSPS) is 15.5. The van der Waals surface area contributed by atoms with Gasteiger partial charge in [0.25, 0.3) is 11.8 Å². The topological polar surface area (TPSA) is 97.7 Å². The third-order valence-corrected chi connectivity index (χ3v) is 4.83. The maximum absolute atomic E-state index is 13.2. The summed E-state index contributed by atoms with van der Waals surface area (Å²) in [5.74, 6) is -2.68. The van der Waals surface area contributed by atoms with E-state index in [0.29, 0.717) is 16.5 Å². The summed E-state index contributed by atoms with van der Waals surface area (Å²) in [6, 6.07) is 11.0. The lowest BCUT2D eigenvalue weighted by molar-refractivity contribution is -0.141. The molecular formula is C22H16FN3O5. The van der Waals surface area contributed by atoms with E-state index in [-0.39, 0.29) is 17.8 Å². The molecule has 0 saturated carbocycles. The molecule has 8 nitrogen and oxygen atoms in total. The summed E-state index contributed by atoms with van der Waals surface area (Å²) in [7, 11) is 1.28. The molecule has 1 fully saturated rings. The molecule has 3 aromatic rings. The van der Waals surface area contributed by atoms with Crippen LogP contribution in [0.3, 0.4) is 0 Å². The van der Waals surface area contributed by atoms with Gasteiger partial charge in [0.05, 0.1) is 12.8 Å². The molecule has 0 unspecified atom stereocenters. The van der Waals surface area contributed by atoms with Crippen LogP contribution in [-0.2, 0) is 25.7 Å². The zero-order valence-corrected chi connectivity index (χ0v) is 16.3. The van der Waals surface area contributed by atoms with Crippen molar-refractivity contribution >= 4 is 46.5 Å². The van der Waals surface area contributed by atoms with E-state index >= 15 is 0 Å². The van der Waals surface area contributed by atoms with Crippen LogP contribution in [0.1, 0.15) is 5.56 Å². The number of aromatic nitrogens is 1. The summed E-state index contributed by atoms with van der Waals surface area (Å²) in [5, 5.41) is 2.82. The monoisotopic (exact) mass is 421 g/mol. The van der Waals surface area contributed by atoms with E-state index in [1.54, 1.807) is 35.0 Å². The number of esters is 1. The molecule has 0 spiro atoms. The number of imide groups is 2. The van der Waals surface area contributed by atoms with Crippen molar-refractivity contribution in [2.24, 2.45) is 0 Å². The fourth-order valence-corrected chi connectivity index (χ4v) is 3.36. The summed E-state index contributed by atoms with van der Waals surface area (Å²) >= 11 is 0. The number of carbonyl (C=O) groups excluding carboxylic acids is 4. The van der Waals surface area contributed by atoms with Crippen LogP contribution in [0, 0.1) is 5.82 Å². The molecule has 2 heterocycles. The van der Waals surface area contributed by atoms with Crippen molar-refractivity contribution in [1.29, 1.82) is 0 Å². The minimum Gasteiger partial charge on any atom is -0.468 e. The molecule has 1 aliphatic rings. The Balaban J connectivity index is 1.78. The number of ether oxygens (including phenoxy) is 1. The van der Waals surface area contributed by atoms with Crippen LogP contribution < -0.4 is 10.2 Å². The molecule has 31 heavy (non-hydrogen) atoms. The van der Waals surface area contributed by atoms with Crippen molar-refractivity contribution in [3.8, 4) is 0 Å². The van der Waals surface area contributed by atoms with Gasteiger partial charge in [-0.05, 0) is 36.4 Å². The number of halogens is 1. The number of rotatable bonds is 4. The number of urea groups is 1. The fraction of sp³-hybridized carbons (Fsp3) is 0.0909. The third-order valence-electron chi connectivity index (χ3n) is 4.83. The lowest BCUT2D eigenvalue weighted by atomic mass is 10.1. The predicted octanol–water partition coefficient (Wildman–Crippen LogP) is 2.62. The highest BCUT2D eigenvalue weighted by Crippen LogP contribution is 2.26. The SMILES string of the molecule is COC(=O)Cn1cc(/C=C2\C(=O)NC(=O)N(c3ccc(F)cc3)C2=O)c2ccccc21. The highest BCUT2D eigenvalue weighted by Gasteiger charge is 2.37. The maximum atomic E-state index is 13.2. The van der Waals surface area contributed by atoms with Crippen LogP contribution in [-0.4, -0.2) is 35.5 Å². The summed E-state index contributed by atoms with van der Waals surface area (Å²) in [4.78, 5) is 50.2. The van der Waals surface area contributed by atoms with Crippen molar-refractivity contribution in [2.75, 3.05) is 12.0 Å². The average Bonchev–Trinajstić information content (AvgIpc) is 3.09. The van der Waals surface area contributed by atoms with E-state index in [1.165, 1.54) is 25.3 Å². The number of benzene rings is 2. The van der Waals surface area contributed by atoms with Crippen molar-refractivity contribution in [1.82, 2.24) is 9.88 Å². The van der Waals surface area contributed by atoms with E-state index in [2.05, 4.69) is 5.32 Å². The van der Waals surface area contributed by atoms with Crippen LogP contribution in [0.25, 0.3) is 17.0 Å². The number of nitrogens with zero attached hydrogens (tertiary/aromatic N) is 2. The van der Waals surface area contributed by atoms with Gasteiger partial charge in [-0.15, -0.1) is 0 Å². The van der Waals surface area contributed by atoms with Gasteiger partial charge < -0.3 is 9.30 Å². The Bertz CT molecular complexity index is 1260. The first-order valence-corrected chi connectivity index (χ1v) is 9.21. The minimum atomic E-state index is -0.924. The number of hydrogen-bond donors (Lipinski definition) is 1. The van der Waals surface area contributed by atoms with E-state index in [9.17, 15) is 23.6 Å². The second-order valence-electron chi connectivity index (χ2n) is 6.74. The summed E-state index contributed by atoms with van der Waals surface area (Å²) in [6.45, 7) is -0.0550.